The summed E-state index contributed by atoms with van der Waals surface area (Å²) in [4.78, 5) is 12.4. The van der Waals surface area contributed by atoms with E-state index < -0.39 is 21.9 Å². The van der Waals surface area contributed by atoms with E-state index in [1.165, 1.54) is 4.31 Å². The Kier molecular flexibility index (Phi) is 7.83. The number of hydrogen-bond acceptors (Lipinski definition) is 4. The molecule has 1 saturated heterocycles. The zero-order valence-corrected chi connectivity index (χ0v) is 20.0. The lowest BCUT2D eigenvalue weighted by atomic mass is 9.90. The lowest BCUT2D eigenvalue weighted by Gasteiger charge is -2.42. The molecule has 0 radical (unpaired) electrons. The second-order valence-corrected chi connectivity index (χ2v) is 11.4. The van der Waals surface area contributed by atoms with Crippen molar-refractivity contribution in [2.24, 2.45) is 5.92 Å². The molecule has 1 N–H and O–H groups in total. The lowest BCUT2D eigenvalue weighted by Crippen LogP contribution is -2.49. The minimum Gasteiger partial charge on any atom is -0.481 e. The van der Waals surface area contributed by atoms with Crippen LogP contribution in [0.4, 0.5) is 0 Å². The third kappa shape index (κ3) is 5.33. The molecule has 3 rings (SSSR count). The minimum absolute atomic E-state index is 0.0195. The van der Waals surface area contributed by atoms with Gasteiger partial charge in [0.25, 0.3) is 0 Å². The zero-order valence-electron chi connectivity index (χ0n) is 18.3. The van der Waals surface area contributed by atoms with E-state index in [0.29, 0.717) is 12.0 Å². The van der Waals surface area contributed by atoms with Gasteiger partial charge < -0.3 is 5.11 Å². The molecular formula is C24H31NO4S2. The number of piperidine rings is 1. The Labute approximate surface area is 189 Å². The highest BCUT2D eigenvalue weighted by atomic mass is 32.2. The van der Waals surface area contributed by atoms with Crippen molar-refractivity contribution in [1.29, 1.82) is 0 Å². The molecule has 0 aliphatic carbocycles. The molecule has 0 spiro atoms. The summed E-state index contributed by atoms with van der Waals surface area (Å²) in [6.07, 6.45) is 2.56. The molecule has 1 aliphatic heterocycles. The Hall–Kier alpha value is -1.83. The highest BCUT2D eigenvalue weighted by Crippen LogP contribution is 2.42. The number of aliphatic carboxylic acids is 1. The fraction of sp³-hybridized carbons (Fsp3) is 0.458. The Morgan fingerprint density at radius 2 is 1.81 bits per heavy atom. The van der Waals surface area contributed by atoms with Crippen LogP contribution in [0.1, 0.15) is 48.9 Å². The number of aryl methyl sites for hydroxylation is 2. The number of nitrogens with zero attached hydrogens (tertiary/aromatic N) is 1. The largest absolute Gasteiger partial charge is 0.481 e. The van der Waals surface area contributed by atoms with E-state index in [-0.39, 0.29) is 22.7 Å². The van der Waals surface area contributed by atoms with Gasteiger partial charge in [-0.25, -0.2) is 8.42 Å². The molecule has 2 aromatic carbocycles. The van der Waals surface area contributed by atoms with E-state index in [4.69, 9.17) is 0 Å². The summed E-state index contributed by atoms with van der Waals surface area (Å²) in [7, 11) is -3.85. The van der Waals surface area contributed by atoms with Crippen molar-refractivity contribution >= 4 is 27.8 Å². The molecule has 7 heteroatoms. The van der Waals surface area contributed by atoms with E-state index in [1.807, 2.05) is 37.3 Å². The summed E-state index contributed by atoms with van der Waals surface area (Å²) in [5.74, 6) is -0.778. The maximum Gasteiger partial charge on any atom is 0.308 e. The van der Waals surface area contributed by atoms with Gasteiger partial charge in [0, 0.05) is 11.8 Å². The van der Waals surface area contributed by atoms with Crippen LogP contribution in [0.3, 0.4) is 0 Å². The summed E-state index contributed by atoms with van der Waals surface area (Å²) >= 11 is 1.67. The molecule has 1 aliphatic rings. The quantitative estimate of drug-likeness (QED) is 0.557. The second kappa shape index (κ2) is 10.2. The molecule has 2 unspecified atom stereocenters. The predicted octanol–water partition coefficient (Wildman–Crippen LogP) is 5.04. The summed E-state index contributed by atoms with van der Waals surface area (Å²) in [6.45, 7) is 5.86. The SMILES string of the molecule is CCCCS[C@@H]1CC(c2ccc(C)cc2)N(S(=O)(=O)c2ccccc2C)CC1C(=O)O. The van der Waals surface area contributed by atoms with Crippen LogP contribution in [0, 0.1) is 19.8 Å². The van der Waals surface area contributed by atoms with Gasteiger partial charge in [-0.15, -0.1) is 0 Å². The van der Waals surface area contributed by atoms with Crippen molar-refractivity contribution in [3.8, 4) is 0 Å². The third-order valence-corrected chi connectivity index (χ3v) is 9.43. The van der Waals surface area contributed by atoms with Gasteiger partial charge in [0.15, 0.2) is 0 Å². The number of hydrogen-bond donors (Lipinski definition) is 1. The van der Waals surface area contributed by atoms with Crippen LogP contribution < -0.4 is 0 Å². The highest BCUT2D eigenvalue weighted by molar-refractivity contribution is 7.99. The first kappa shape index (κ1) is 23.8. The summed E-state index contributed by atoms with van der Waals surface area (Å²) in [6, 6.07) is 14.4. The van der Waals surface area contributed by atoms with Gasteiger partial charge in [-0.05, 0) is 49.6 Å². The van der Waals surface area contributed by atoms with Gasteiger partial charge >= 0.3 is 5.97 Å². The van der Waals surface area contributed by atoms with Gasteiger partial charge in [0.1, 0.15) is 0 Å². The Balaban J connectivity index is 2.04. The van der Waals surface area contributed by atoms with Gasteiger partial charge in [-0.2, -0.15) is 16.1 Å². The molecule has 0 amide bonds. The smallest absolute Gasteiger partial charge is 0.308 e. The Bertz CT molecular complexity index is 1000. The fourth-order valence-electron chi connectivity index (χ4n) is 4.07. The molecule has 1 heterocycles. The first-order valence-corrected chi connectivity index (χ1v) is 13.2. The number of benzene rings is 2. The van der Waals surface area contributed by atoms with Crippen molar-refractivity contribution in [1.82, 2.24) is 4.31 Å². The van der Waals surface area contributed by atoms with E-state index in [9.17, 15) is 18.3 Å². The van der Waals surface area contributed by atoms with Gasteiger partial charge in [-0.3, -0.25) is 4.79 Å². The predicted molar refractivity (Wildman–Crippen MR) is 126 cm³/mol. The number of unbranched alkanes of at least 4 members (excludes halogenated alkanes) is 1. The van der Waals surface area contributed by atoms with E-state index in [2.05, 4.69) is 6.92 Å². The molecule has 1 fully saturated rings. The molecule has 168 valence electrons. The number of rotatable bonds is 8. The molecule has 2 aromatic rings. The first-order valence-electron chi connectivity index (χ1n) is 10.7. The number of carboxylic acids is 1. The van der Waals surface area contributed by atoms with Crippen molar-refractivity contribution in [2.75, 3.05) is 12.3 Å². The Morgan fingerprint density at radius 3 is 2.42 bits per heavy atom. The van der Waals surface area contributed by atoms with E-state index in [1.54, 1.807) is 36.9 Å². The van der Waals surface area contributed by atoms with Crippen molar-refractivity contribution in [2.45, 2.75) is 56.2 Å². The fourth-order valence-corrected chi connectivity index (χ4v) is 7.46. The molecule has 5 nitrogen and oxygen atoms in total. The minimum atomic E-state index is -3.85. The van der Waals surface area contributed by atoms with Crippen LogP contribution in [0.5, 0.6) is 0 Å². The monoisotopic (exact) mass is 461 g/mol. The topological polar surface area (TPSA) is 74.7 Å². The maximum atomic E-state index is 13.7. The average molecular weight is 462 g/mol. The summed E-state index contributed by atoms with van der Waals surface area (Å²) < 4.78 is 28.9. The molecule has 0 bridgehead atoms. The lowest BCUT2D eigenvalue weighted by molar-refractivity contribution is -0.143. The standard InChI is InChI=1S/C24H31NO4S2/c1-4-5-14-30-22-15-21(19-12-10-17(2)11-13-19)25(16-20(22)24(26)27)31(28,29)23-9-7-6-8-18(23)3/h6-13,20-22H,4-5,14-16H2,1-3H3,(H,26,27)/t20?,21?,22-/m1/s1. The van der Waals surface area contributed by atoms with Crippen LogP contribution in [0.15, 0.2) is 53.4 Å². The maximum absolute atomic E-state index is 13.7. The summed E-state index contributed by atoms with van der Waals surface area (Å²) in [5, 5.41) is 9.81. The Morgan fingerprint density at radius 1 is 1.13 bits per heavy atom. The summed E-state index contributed by atoms with van der Waals surface area (Å²) in [5.41, 5.74) is 2.68. The third-order valence-electron chi connectivity index (χ3n) is 5.92. The van der Waals surface area contributed by atoms with E-state index >= 15 is 0 Å². The molecule has 0 aromatic heterocycles. The van der Waals surface area contributed by atoms with Crippen LogP contribution in [0.2, 0.25) is 0 Å². The molecular weight excluding hydrogens is 430 g/mol. The number of carboxylic acid groups (broad SMARTS) is 1. The van der Waals surface area contributed by atoms with Crippen molar-refractivity contribution < 1.29 is 18.3 Å². The number of thioether (sulfide) groups is 1. The van der Waals surface area contributed by atoms with Gasteiger partial charge in [0.05, 0.1) is 16.9 Å². The molecule has 3 atom stereocenters. The van der Waals surface area contributed by atoms with Crippen molar-refractivity contribution in [3.63, 3.8) is 0 Å². The first-order chi connectivity index (χ1) is 14.8. The van der Waals surface area contributed by atoms with Crippen LogP contribution in [-0.2, 0) is 14.8 Å². The van der Waals surface area contributed by atoms with Gasteiger partial charge in [-0.1, -0.05) is 61.4 Å². The van der Waals surface area contributed by atoms with Crippen molar-refractivity contribution in [3.05, 3.63) is 65.2 Å². The second-order valence-electron chi connectivity index (χ2n) is 8.21. The van der Waals surface area contributed by atoms with Crippen LogP contribution >= 0.6 is 11.8 Å². The highest BCUT2D eigenvalue weighted by Gasteiger charge is 2.45. The zero-order chi connectivity index (χ0) is 22.6. The van der Waals surface area contributed by atoms with E-state index in [0.717, 1.165) is 29.7 Å². The van der Waals surface area contributed by atoms with Crippen LogP contribution in [-0.4, -0.2) is 41.3 Å². The number of sulfonamides is 1. The number of carbonyl (C=O) groups is 1. The normalized spacial score (nSPS) is 22.4. The van der Waals surface area contributed by atoms with Crippen LogP contribution in [0.25, 0.3) is 0 Å². The molecule has 0 saturated carbocycles. The molecule has 31 heavy (non-hydrogen) atoms. The average Bonchev–Trinajstić information content (AvgIpc) is 2.74. The van der Waals surface area contributed by atoms with Gasteiger partial charge in [0.2, 0.25) is 10.0 Å².